The first-order chi connectivity index (χ1) is 8.74. The normalized spacial score (nSPS) is 27.8. The van der Waals surface area contributed by atoms with E-state index in [1.165, 1.54) is 35.5 Å². The molecule has 18 heavy (non-hydrogen) atoms. The van der Waals surface area contributed by atoms with Gasteiger partial charge in [0.05, 0.1) is 4.88 Å². The number of carbonyl (C=O) groups is 1. The second-order valence-corrected chi connectivity index (χ2v) is 7.94. The van der Waals surface area contributed by atoms with Crippen LogP contribution in [0, 0.1) is 11.8 Å². The van der Waals surface area contributed by atoms with Crippen molar-refractivity contribution in [3.63, 3.8) is 0 Å². The molecule has 1 aromatic heterocycles. The van der Waals surface area contributed by atoms with Crippen LogP contribution in [0.5, 0.6) is 0 Å². The molecule has 3 rings (SSSR count). The largest absolute Gasteiger partial charge is 0.293 e. The van der Waals surface area contributed by atoms with Gasteiger partial charge in [-0.15, -0.1) is 11.3 Å². The van der Waals surface area contributed by atoms with Crippen molar-refractivity contribution in [1.82, 2.24) is 0 Å². The minimum atomic E-state index is 0.307. The van der Waals surface area contributed by atoms with Gasteiger partial charge < -0.3 is 0 Å². The summed E-state index contributed by atoms with van der Waals surface area (Å²) in [4.78, 5) is 15.1. The molecule has 0 amide bonds. The van der Waals surface area contributed by atoms with Crippen LogP contribution in [0.4, 0.5) is 0 Å². The number of fused-ring (bicyclic) bond motifs is 1. The second-order valence-electron chi connectivity index (χ2n) is 5.69. The van der Waals surface area contributed by atoms with Crippen LogP contribution in [0.2, 0.25) is 0 Å². The minimum Gasteiger partial charge on any atom is -0.293 e. The Morgan fingerprint density at radius 3 is 3.06 bits per heavy atom. The van der Waals surface area contributed by atoms with Crippen molar-refractivity contribution in [2.24, 2.45) is 11.8 Å². The van der Waals surface area contributed by atoms with Gasteiger partial charge in [0.1, 0.15) is 0 Å². The Bertz CT molecular complexity index is 426. The predicted molar refractivity (Wildman–Crippen MR) is 79.6 cm³/mol. The zero-order chi connectivity index (χ0) is 12.5. The standard InChI is InChI=1S/C15H20OS2/c1-10-3-2-4-11(7-10)15(16)14-8-12-9-17-6-5-13(12)18-14/h8,10-11H,2-7,9H2,1H3. The summed E-state index contributed by atoms with van der Waals surface area (Å²) in [6, 6.07) is 2.19. The quantitative estimate of drug-likeness (QED) is 0.739. The molecule has 1 aromatic rings. The first-order valence-corrected chi connectivity index (χ1v) is 8.94. The summed E-state index contributed by atoms with van der Waals surface area (Å²) in [6.45, 7) is 2.29. The topological polar surface area (TPSA) is 17.1 Å². The lowest BCUT2D eigenvalue weighted by Crippen LogP contribution is -2.21. The van der Waals surface area contributed by atoms with Crippen molar-refractivity contribution in [2.45, 2.75) is 44.8 Å². The molecule has 2 aliphatic rings. The highest BCUT2D eigenvalue weighted by molar-refractivity contribution is 7.98. The van der Waals surface area contributed by atoms with Crippen molar-refractivity contribution in [3.05, 3.63) is 21.4 Å². The van der Waals surface area contributed by atoms with Gasteiger partial charge >= 0.3 is 0 Å². The number of aryl methyl sites for hydroxylation is 1. The van der Waals surface area contributed by atoms with Gasteiger partial charge in [-0.3, -0.25) is 4.79 Å². The molecule has 0 saturated heterocycles. The third-order valence-corrected chi connectivity index (χ3v) is 6.44. The van der Waals surface area contributed by atoms with Crippen molar-refractivity contribution in [3.8, 4) is 0 Å². The van der Waals surface area contributed by atoms with E-state index < -0.39 is 0 Å². The van der Waals surface area contributed by atoms with Crippen LogP contribution in [0.1, 0.15) is 52.7 Å². The predicted octanol–water partition coefficient (Wildman–Crippen LogP) is 4.55. The zero-order valence-electron chi connectivity index (χ0n) is 10.9. The molecule has 1 saturated carbocycles. The highest BCUT2D eigenvalue weighted by Gasteiger charge is 2.28. The summed E-state index contributed by atoms with van der Waals surface area (Å²) in [7, 11) is 0. The number of ketones is 1. The van der Waals surface area contributed by atoms with E-state index in [1.54, 1.807) is 11.3 Å². The Kier molecular flexibility index (Phi) is 3.81. The van der Waals surface area contributed by atoms with Gasteiger partial charge in [-0.1, -0.05) is 19.8 Å². The van der Waals surface area contributed by atoms with E-state index in [0.717, 1.165) is 29.4 Å². The molecule has 2 atom stereocenters. The van der Waals surface area contributed by atoms with Gasteiger partial charge in [-0.25, -0.2) is 0 Å². The molecule has 1 aliphatic carbocycles. The van der Waals surface area contributed by atoms with Gasteiger partial charge in [-0.05, 0) is 42.6 Å². The minimum absolute atomic E-state index is 0.307. The third kappa shape index (κ3) is 2.53. The van der Waals surface area contributed by atoms with E-state index in [1.807, 2.05) is 11.8 Å². The van der Waals surface area contributed by atoms with E-state index in [-0.39, 0.29) is 0 Å². The van der Waals surface area contributed by atoms with Crippen LogP contribution >= 0.6 is 23.1 Å². The number of Topliss-reactive ketones (excluding diaryl/α,β-unsaturated/α-hetero) is 1. The highest BCUT2D eigenvalue weighted by Crippen LogP contribution is 2.36. The van der Waals surface area contributed by atoms with Gasteiger partial charge in [0.2, 0.25) is 0 Å². The molecule has 1 aliphatic heterocycles. The van der Waals surface area contributed by atoms with E-state index in [0.29, 0.717) is 11.7 Å². The summed E-state index contributed by atoms with van der Waals surface area (Å²) in [5.74, 6) is 3.81. The fourth-order valence-corrected chi connectivity index (χ4v) is 5.53. The number of hydrogen-bond donors (Lipinski definition) is 0. The number of rotatable bonds is 2. The Morgan fingerprint density at radius 2 is 2.28 bits per heavy atom. The molecular weight excluding hydrogens is 260 g/mol. The second kappa shape index (κ2) is 5.38. The lowest BCUT2D eigenvalue weighted by molar-refractivity contribution is 0.0872. The van der Waals surface area contributed by atoms with E-state index in [2.05, 4.69) is 13.0 Å². The smallest absolute Gasteiger partial charge is 0.175 e. The van der Waals surface area contributed by atoms with Crippen molar-refractivity contribution >= 4 is 28.9 Å². The molecule has 1 fully saturated rings. The molecule has 3 heteroatoms. The van der Waals surface area contributed by atoms with E-state index in [9.17, 15) is 4.79 Å². The SMILES string of the molecule is CC1CCCC(C(=O)c2cc3c(s2)CCSC3)C1. The van der Waals surface area contributed by atoms with Crippen molar-refractivity contribution in [1.29, 1.82) is 0 Å². The summed E-state index contributed by atoms with van der Waals surface area (Å²) >= 11 is 3.77. The Hall–Kier alpha value is -0.280. The lowest BCUT2D eigenvalue weighted by Gasteiger charge is -2.25. The van der Waals surface area contributed by atoms with Crippen LogP contribution in [0.25, 0.3) is 0 Å². The molecule has 98 valence electrons. The molecule has 2 heterocycles. The Labute approximate surface area is 117 Å². The van der Waals surface area contributed by atoms with Crippen molar-refractivity contribution in [2.75, 3.05) is 5.75 Å². The molecule has 0 spiro atoms. The summed E-state index contributed by atoms with van der Waals surface area (Å²) < 4.78 is 0. The van der Waals surface area contributed by atoms with Crippen LogP contribution in [-0.4, -0.2) is 11.5 Å². The maximum absolute atomic E-state index is 12.6. The van der Waals surface area contributed by atoms with Crippen LogP contribution in [0.15, 0.2) is 6.07 Å². The maximum Gasteiger partial charge on any atom is 0.175 e. The van der Waals surface area contributed by atoms with Gasteiger partial charge in [0.15, 0.2) is 5.78 Å². The van der Waals surface area contributed by atoms with Crippen LogP contribution in [0.3, 0.4) is 0 Å². The average molecular weight is 280 g/mol. The van der Waals surface area contributed by atoms with Crippen LogP contribution in [-0.2, 0) is 12.2 Å². The molecular formula is C15H20OS2. The summed E-state index contributed by atoms with van der Waals surface area (Å²) in [5.41, 5.74) is 1.43. The van der Waals surface area contributed by atoms with Crippen molar-refractivity contribution < 1.29 is 4.79 Å². The molecule has 1 nitrogen and oxygen atoms in total. The van der Waals surface area contributed by atoms with E-state index in [4.69, 9.17) is 0 Å². The Balaban J connectivity index is 1.77. The molecule has 0 aromatic carbocycles. The fraction of sp³-hybridized carbons (Fsp3) is 0.667. The fourth-order valence-electron chi connectivity index (χ4n) is 3.14. The zero-order valence-corrected chi connectivity index (χ0v) is 12.5. The maximum atomic E-state index is 12.6. The number of thiophene rings is 1. The van der Waals surface area contributed by atoms with Gasteiger partial charge in [0.25, 0.3) is 0 Å². The highest BCUT2D eigenvalue weighted by atomic mass is 32.2. The monoisotopic (exact) mass is 280 g/mol. The Morgan fingerprint density at radius 1 is 1.39 bits per heavy atom. The molecule has 0 bridgehead atoms. The molecule has 0 N–H and O–H groups in total. The lowest BCUT2D eigenvalue weighted by atomic mass is 9.80. The third-order valence-electron chi connectivity index (χ3n) is 4.18. The molecule has 2 unspecified atom stereocenters. The molecule has 0 radical (unpaired) electrons. The summed E-state index contributed by atoms with van der Waals surface area (Å²) in [6.07, 6.45) is 5.93. The first kappa shape index (κ1) is 12.7. The van der Waals surface area contributed by atoms with Crippen LogP contribution < -0.4 is 0 Å². The number of carbonyl (C=O) groups excluding carboxylic acids is 1. The average Bonchev–Trinajstić information content (AvgIpc) is 2.81. The number of hydrogen-bond acceptors (Lipinski definition) is 3. The summed E-state index contributed by atoms with van der Waals surface area (Å²) in [5, 5.41) is 0. The van der Waals surface area contributed by atoms with E-state index >= 15 is 0 Å². The van der Waals surface area contributed by atoms with Gasteiger partial charge in [-0.2, -0.15) is 11.8 Å². The van der Waals surface area contributed by atoms with Gasteiger partial charge in [0, 0.05) is 16.5 Å². The number of thioether (sulfide) groups is 1. The first-order valence-electron chi connectivity index (χ1n) is 6.97.